The quantitative estimate of drug-likeness (QED) is 0.0931. The number of rotatable bonds is 12. The topological polar surface area (TPSA) is 197 Å². The van der Waals surface area contributed by atoms with E-state index in [4.69, 9.17) is 21.1 Å². The molecule has 3 aromatic carbocycles. The van der Waals surface area contributed by atoms with Gasteiger partial charge in [-0.1, -0.05) is 30.3 Å². The highest BCUT2D eigenvalue weighted by Crippen LogP contribution is 2.30. The molecule has 1 saturated carbocycles. The van der Waals surface area contributed by atoms with E-state index in [9.17, 15) is 24.0 Å². The maximum Gasteiger partial charge on any atom is 0.410 e. The summed E-state index contributed by atoms with van der Waals surface area (Å²) in [6.07, 6.45) is 3.54. The molecule has 342 valence electrons. The first-order chi connectivity index (χ1) is 30.3. The summed E-state index contributed by atoms with van der Waals surface area (Å²) in [7, 11) is 0. The van der Waals surface area contributed by atoms with Crippen LogP contribution in [0.2, 0.25) is 5.28 Å². The van der Waals surface area contributed by atoms with Gasteiger partial charge in [0, 0.05) is 54.8 Å². The van der Waals surface area contributed by atoms with E-state index >= 15 is 0 Å². The van der Waals surface area contributed by atoms with Gasteiger partial charge in [-0.25, -0.2) is 14.7 Å². The Morgan fingerprint density at radius 3 is 2.06 bits per heavy atom. The second kappa shape index (κ2) is 20.7. The zero-order valence-corrected chi connectivity index (χ0v) is 38.6. The van der Waals surface area contributed by atoms with Crippen molar-refractivity contribution in [2.45, 2.75) is 117 Å². The molecule has 1 aliphatic carbocycles. The third-order valence-electron chi connectivity index (χ3n) is 11.3. The summed E-state index contributed by atoms with van der Waals surface area (Å²) in [5.41, 5.74) is 4.35. The zero-order valence-electron chi connectivity index (χ0n) is 37.8. The van der Waals surface area contributed by atoms with Gasteiger partial charge in [0.05, 0.1) is 0 Å². The third-order valence-corrected chi connectivity index (χ3v) is 11.5. The lowest BCUT2D eigenvalue weighted by Gasteiger charge is -2.33. The first-order valence-electron chi connectivity index (χ1n) is 22.0. The van der Waals surface area contributed by atoms with Gasteiger partial charge < -0.3 is 35.6 Å². The first-order valence-corrected chi connectivity index (χ1v) is 22.4. The van der Waals surface area contributed by atoms with Crippen LogP contribution in [0.4, 0.5) is 15.3 Å². The van der Waals surface area contributed by atoms with Crippen LogP contribution >= 0.6 is 11.6 Å². The number of H-pyrrole nitrogens is 1. The number of aryl methyl sites for hydroxylation is 1. The number of anilines is 1. The number of carbonyl (C=O) groups is 5. The summed E-state index contributed by atoms with van der Waals surface area (Å²) in [6.45, 7) is 14.5. The number of aromatic amines is 1. The lowest BCUT2D eigenvalue weighted by Crippen LogP contribution is -2.48. The molecule has 5 amide bonds. The van der Waals surface area contributed by atoms with Crippen LogP contribution in [0.1, 0.15) is 102 Å². The Balaban J connectivity index is 1.08. The molecule has 1 saturated heterocycles. The lowest BCUT2D eigenvalue weighted by atomic mass is 9.81. The second-order valence-electron chi connectivity index (χ2n) is 18.8. The molecular weight excluding hydrogens is 836 g/mol. The fourth-order valence-electron chi connectivity index (χ4n) is 7.96. The number of ether oxygens (including phenoxy) is 2. The van der Waals surface area contributed by atoms with E-state index in [2.05, 4.69) is 36.4 Å². The number of benzene rings is 3. The SMILES string of the molecule is Cc1cc(C(=O)NC2CCN(C(=O)OC(C)(C)C)CC2)ccc1-c1ccc(CC(NC(=O)C2CCC(CNC(=O)OC(C)(C)C)CC2)C(=O)Nc2ccc(-c3n[nH]c(Cl)n3)cc2)cc1. The fourth-order valence-corrected chi connectivity index (χ4v) is 8.08. The Morgan fingerprint density at radius 2 is 1.47 bits per heavy atom. The van der Waals surface area contributed by atoms with E-state index in [1.54, 1.807) is 29.2 Å². The minimum Gasteiger partial charge on any atom is -0.444 e. The van der Waals surface area contributed by atoms with Crippen LogP contribution in [0.5, 0.6) is 0 Å². The molecule has 1 aromatic heterocycles. The number of alkyl carbamates (subject to hydrolysis) is 1. The smallest absolute Gasteiger partial charge is 0.410 e. The summed E-state index contributed by atoms with van der Waals surface area (Å²) in [5, 5.41) is 18.9. The van der Waals surface area contributed by atoms with E-state index in [1.807, 2.05) is 90.9 Å². The number of likely N-dealkylation sites (tertiary alicyclic amines) is 1. The molecule has 2 aliphatic rings. The molecule has 0 radical (unpaired) electrons. The van der Waals surface area contributed by atoms with Crippen molar-refractivity contribution in [1.29, 1.82) is 0 Å². The molecule has 64 heavy (non-hydrogen) atoms. The molecule has 4 aromatic rings. The van der Waals surface area contributed by atoms with Crippen LogP contribution in [0, 0.1) is 18.8 Å². The van der Waals surface area contributed by atoms with Gasteiger partial charge in [0.25, 0.3) is 5.91 Å². The van der Waals surface area contributed by atoms with Gasteiger partial charge in [-0.15, -0.1) is 0 Å². The van der Waals surface area contributed by atoms with Gasteiger partial charge >= 0.3 is 12.2 Å². The van der Waals surface area contributed by atoms with Gasteiger partial charge in [0.15, 0.2) is 5.82 Å². The van der Waals surface area contributed by atoms with Crippen molar-refractivity contribution in [2.24, 2.45) is 11.8 Å². The Morgan fingerprint density at radius 1 is 0.828 bits per heavy atom. The predicted molar refractivity (Wildman–Crippen MR) is 246 cm³/mol. The largest absolute Gasteiger partial charge is 0.444 e. The fraction of sp³-hybridized carbons (Fsp3) is 0.479. The van der Waals surface area contributed by atoms with Crippen LogP contribution < -0.4 is 21.3 Å². The average molecular weight is 898 g/mol. The summed E-state index contributed by atoms with van der Waals surface area (Å²) >= 11 is 5.91. The Bertz CT molecular complexity index is 2270. The molecule has 1 atom stereocenters. The van der Waals surface area contributed by atoms with Crippen molar-refractivity contribution >= 4 is 47.2 Å². The van der Waals surface area contributed by atoms with E-state index in [0.717, 1.165) is 35.1 Å². The van der Waals surface area contributed by atoms with Gasteiger partial charge in [-0.05, 0) is 163 Å². The highest BCUT2D eigenvalue weighted by Gasteiger charge is 2.31. The van der Waals surface area contributed by atoms with E-state index in [0.29, 0.717) is 68.0 Å². The molecule has 16 heteroatoms. The normalized spacial score (nSPS) is 17.5. The monoisotopic (exact) mass is 896 g/mol. The molecule has 2 fully saturated rings. The Hall–Kier alpha value is -5.96. The summed E-state index contributed by atoms with van der Waals surface area (Å²) in [4.78, 5) is 71.5. The summed E-state index contributed by atoms with van der Waals surface area (Å²) in [6, 6.07) is 19.6. The summed E-state index contributed by atoms with van der Waals surface area (Å²) < 4.78 is 10.9. The average Bonchev–Trinajstić information content (AvgIpc) is 3.68. The Kier molecular flexibility index (Phi) is 15.4. The minimum atomic E-state index is -0.875. The highest BCUT2D eigenvalue weighted by molar-refractivity contribution is 6.28. The molecule has 5 N–H and O–H groups in total. The van der Waals surface area contributed by atoms with Crippen LogP contribution in [0.3, 0.4) is 0 Å². The molecule has 6 rings (SSSR count). The van der Waals surface area contributed by atoms with Crippen molar-refractivity contribution in [3.8, 4) is 22.5 Å². The van der Waals surface area contributed by atoms with E-state index in [-0.39, 0.29) is 53.4 Å². The third kappa shape index (κ3) is 13.8. The first kappa shape index (κ1) is 47.5. The number of halogens is 1. The van der Waals surface area contributed by atoms with Crippen molar-refractivity contribution in [2.75, 3.05) is 25.0 Å². The minimum absolute atomic E-state index is 0.0464. The number of hydrogen-bond donors (Lipinski definition) is 5. The molecule has 0 bridgehead atoms. The molecule has 0 spiro atoms. The van der Waals surface area contributed by atoms with E-state index in [1.165, 1.54) is 0 Å². The molecule has 15 nitrogen and oxygen atoms in total. The highest BCUT2D eigenvalue weighted by atomic mass is 35.5. The van der Waals surface area contributed by atoms with Crippen LogP contribution in [-0.2, 0) is 25.5 Å². The predicted octanol–water partition coefficient (Wildman–Crippen LogP) is 8.23. The number of hydrogen-bond acceptors (Lipinski definition) is 9. The maximum absolute atomic E-state index is 13.9. The molecule has 1 aliphatic heterocycles. The summed E-state index contributed by atoms with van der Waals surface area (Å²) in [5.74, 6) is -0.324. The van der Waals surface area contributed by atoms with Gasteiger partial charge in [0.1, 0.15) is 17.2 Å². The van der Waals surface area contributed by atoms with Crippen molar-refractivity contribution < 1.29 is 33.4 Å². The lowest BCUT2D eigenvalue weighted by molar-refractivity contribution is -0.130. The van der Waals surface area contributed by atoms with Crippen LogP contribution in [0.15, 0.2) is 66.7 Å². The van der Waals surface area contributed by atoms with Gasteiger partial charge in [-0.3, -0.25) is 14.4 Å². The number of aromatic nitrogens is 3. The number of amides is 5. The standard InChI is InChI=1S/C48H61ClN8O7/c1-29-26-35(42(59)51-37-22-24-57(25-23-37)46(62)64-48(5,6)7)18-21-38(29)32-12-8-30(9-13-32)27-39(43(60)52-36-19-16-33(17-20-36)40-54-44(49)56-55-40)53-41(58)34-14-10-31(11-15-34)28-50-45(61)63-47(2,3)4/h8-9,12-13,16-21,26,31,34,37,39H,10-11,14-15,22-25,27-28H2,1-7H3,(H,50,61)(H,51,59)(H,52,60)(H,53,58)(H,54,55,56). The number of nitrogens with zero attached hydrogens (tertiary/aromatic N) is 3. The number of carbonyl (C=O) groups excluding carboxylic acids is 5. The van der Waals surface area contributed by atoms with Crippen LogP contribution in [-0.4, -0.2) is 92.9 Å². The van der Waals surface area contributed by atoms with Crippen molar-refractivity contribution in [3.05, 3.63) is 88.7 Å². The second-order valence-corrected chi connectivity index (χ2v) is 19.2. The maximum atomic E-state index is 13.9. The molecule has 2 heterocycles. The number of nitrogens with one attached hydrogen (secondary N) is 5. The van der Waals surface area contributed by atoms with Crippen LogP contribution in [0.25, 0.3) is 22.5 Å². The van der Waals surface area contributed by atoms with E-state index < -0.39 is 23.3 Å². The molecular formula is C48H61ClN8O7. The van der Waals surface area contributed by atoms with Gasteiger partial charge in [-0.2, -0.15) is 10.1 Å². The van der Waals surface area contributed by atoms with Gasteiger partial charge in [0.2, 0.25) is 17.1 Å². The van der Waals surface area contributed by atoms with Crippen molar-refractivity contribution in [3.63, 3.8) is 0 Å². The number of piperidine rings is 1. The zero-order chi connectivity index (χ0) is 46.2. The van der Waals surface area contributed by atoms with Crippen molar-refractivity contribution in [1.82, 2.24) is 36.0 Å². The Labute approximate surface area is 380 Å². The molecule has 1 unspecified atom stereocenters.